The van der Waals surface area contributed by atoms with Gasteiger partial charge in [0, 0.05) is 18.7 Å². The number of nitriles is 1. The summed E-state index contributed by atoms with van der Waals surface area (Å²) in [5.74, 6) is 0.0832. The topological polar surface area (TPSA) is 79.9 Å². The van der Waals surface area contributed by atoms with E-state index in [1.807, 2.05) is 22.8 Å². The van der Waals surface area contributed by atoms with Crippen LogP contribution in [0.15, 0.2) is 23.4 Å². The zero-order chi connectivity index (χ0) is 19.3. The summed E-state index contributed by atoms with van der Waals surface area (Å²) in [7, 11) is 1.65. The minimum atomic E-state index is -0.709. The van der Waals surface area contributed by atoms with Crippen molar-refractivity contribution in [2.75, 3.05) is 19.5 Å². The third-order valence-corrected chi connectivity index (χ3v) is 6.04. The van der Waals surface area contributed by atoms with E-state index in [0.29, 0.717) is 18.2 Å². The summed E-state index contributed by atoms with van der Waals surface area (Å²) in [6, 6.07) is 7.89. The molecular formula is C19H23ClN4O2S. The van der Waals surface area contributed by atoms with Crippen LogP contribution in [0.25, 0.3) is 11.0 Å². The summed E-state index contributed by atoms with van der Waals surface area (Å²) < 4.78 is 7.23. The van der Waals surface area contributed by atoms with E-state index >= 15 is 0 Å². The van der Waals surface area contributed by atoms with Gasteiger partial charge in [-0.2, -0.15) is 5.26 Å². The first-order chi connectivity index (χ1) is 13.1. The molecular weight excluding hydrogens is 384 g/mol. The molecule has 1 aliphatic rings. The third kappa shape index (κ3) is 4.75. The van der Waals surface area contributed by atoms with Crippen molar-refractivity contribution < 1.29 is 9.53 Å². The number of carbonyl (C=O) groups is 1. The molecule has 0 bridgehead atoms. The number of rotatable bonds is 7. The molecule has 6 nitrogen and oxygen atoms in total. The van der Waals surface area contributed by atoms with Gasteiger partial charge in [0.05, 0.1) is 29.5 Å². The number of fused-ring (bicyclic) bond motifs is 1. The monoisotopic (exact) mass is 406 g/mol. The Morgan fingerprint density at radius 1 is 1.44 bits per heavy atom. The first-order valence-corrected chi connectivity index (χ1v) is 10.4. The number of benzene rings is 1. The zero-order valence-electron chi connectivity index (χ0n) is 15.3. The molecule has 2 aromatic rings. The van der Waals surface area contributed by atoms with E-state index < -0.39 is 5.54 Å². The number of methoxy groups -OCH3 is 1. The lowest BCUT2D eigenvalue weighted by atomic mass is 9.83. The van der Waals surface area contributed by atoms with Crippen molar-refractivity contribution >= 4 is 40.3 Å². The lowest BCUT2D eigenvalue weighted by molar-refractivity contribution is -0.120. The van der Waals surface area contributed by atoms with Crippen LogP contribution in [-0.4, -0.2) is 40.5 Å². The van der Waals surface area contributed by atoms with Gasteiger partial charge < -0.3 is 14.6 Å². The van der Waals surface area contributed by atoms with Crippen molar-refractivity contribution in [3.05, 3.63) is 23.2 Å². The number of amides is 1. The van der Waals surface area contributed by atoms with Crippen molar-refractivity contribution in [1.29, 1.82) is 5.26 Å². The summed E-state index contributed by atoms with van der Waals surface area (Å²) in [5, 5.41) is 13.8. The van der Waals surface area contributed by atoms with E-state index in [0.717, 1.165) is 48.3 Å². The average molecular weight is 407 g/mol. The van der Waals surface area contributed by atoms with Gasteiger partial charge in [-0.1, -0.05) is 42.6 Å². The van der Waals surface area contributed by atoms with Gasteiger partial charge in [0.2, 0.25) is 5.91 Å². The molecule has 27 heavy (non-hydrogen) atoms. The highest BCUT2D eigenvalue weighted by molar-refractivity contribution is 7.99. The maximum Gasteiger partial charge on any atom is 0.231 e. The molecule has 0 atom stereocenters. The number of hydrogen-bond acceptors (Lipinski definition) is 5. The first kappa shape index (κ1) is 20.0. The summed E-state index contributed by atoms with van der Waals surface area (Å²) in [4.78, 5) is 17.1. The van der Waals surface area contributed by atoms with Crippen LogP contribution in [0.4, 0.5) is 0 Å². The predicted molar refractivity (Wildman–Crippen MR) is 107 cm³/mol. The smallest absolute Gasteiger partial charge is 0.231 e. The first-order valence-electron chi connectivity index (χ1n) is 9.07. The third-order valence-electron chi connectivity index (χ3n) is 4.83. The molecule has 0 radical (unpaired) electrons. The van der Waals surface area contributed by atoms with Gasteiger partial charge in [-0.05, 0) is 31.0 Å². The van der Waals surface area contributed by atoms with Crippen LogP contribution in [0.3, 0.4) is 0 Å². The van der Waals surface area contributed by atoms with Gasteiger partial charge >= 0.3 is 0 Å². The molecule has 0 unspecified atom stereocenters. The second-order valence-corrected chi connectivity index (χ2v) is 8.14. The van der Waals surface area contributed by atoms with Crippen LogP contribution in [0.1, 0.15) is 32.1 Å². The van der Waals surface area contributed by atoms with E-state index in [-0.39, 0.29) is 11.7 Å². The van der Waals surface area contributed by atoms with Crippen LogP contribution >= 0.6 is 23.4 Å². The van der Waals surface area contributed by atoms with E-state index in [2.05, 4.69) is 16.4 Å². The van der Waals surface area contributed by atoms with Crippen molar-refractivity contribution in [2.24, 2.45) is 0 Å². The average Bonchev–Trinajstić information content (AvgIpc) is 3.01. The fourth-order valence-electron chi connectivity index (χ4n) is 3.44. The second kappa shape index (κ2) is 8.96. The van der Waals surface area contributed by atoms with Crippen molar-refractivity contribution in [1.82, 2.24) is 14.9 Å². The molecule has 0 aliphatic heterocycles. The minimum absolute atomic E-state index is 0.133. The molecule has 1 N–H and O–H groups in total. The number of imidazole rings is 1. The Balaban J connectivity index is 1.72. The largest absolute Gasteiger partial charge is 0.383 e. The van der Waals surface area contributed by atoms with E-state index in [1.165, 1.54) is 11.8 Å². The summed E-state index contributed by atoms with van der Waals surface area (Å²) in [5.41, 5.74) is 1.04. The molecule has 1 aliphatic carbocycles. The predicted octanol–water partition coefficient (Wildman–Crippen LogP) is 3.77. The summed E-state index contributed by atoms with van der Waals surface area (Å²) in [6.45, 7) is 1.19. The van der Waals surface area contributed by atoms with Crippen LogP contribution in [-0.2, 0) is 16.1 Å². The number of hydrogen-bond donors (Lipinski definition) is 1. The maximum atomic E-state index is 12.5. The number of ether oxygens (including phenoxy) is 1. The summed E-state index contributed by atoms with van der Waals surface area (Å²) in [6.07, 6.45) is 4.54. The molecule has 0 saturated heterocycles. The van der Waals surface area contributed by atoms with Crippen LogP contribution < -0.4 is 5.32 Å². The van der Waals surface area contributed by atoms with Crippen LogP contribution in [0.2, 0.25) is 5.02 Å². The minimum Gasteiger partial charge on any atom is -0.383 e. The highest BCUT2D eigenvalue weighted by Gasteiger charge is 2.33. The number of aromatic nitrogens is 2. The maximum absolute atomic E-state index is 12.5. The molecule has 1 heterocycles. The van der Waals surface area contributed by atoms with Crippen molar-refractivity contribution in [3.8, 4) is 6.07 Å². The SMILES string of the molecule is COCCn1c(SCC(=O)NC2(C#N)CCCCC2)nc2cc(Cl)ccc21. The second-order valence-electron chi connectivity index (χ2n) is 6.76. The zero-order valence-corrected chi connectivity index (χ0v) is 16.9. The van der Waals surface area contributed by atoms with Gasteiger partial charge in [-0.3, -0.25) is 4.79 Å². The van der Waals surface area contributed by atoms with Crippen molar-refractivity contribution in [3.63, 3.8) is 0 Å². The molecule has 1 aromatic heterocycles. The Morgan fingerprint density at radius 3 is 2.93 bits per heavy atom. The van der Waals surface area contributed by atoms with E-state index in [9.17, 15) is 10.1 Å². The summed E-state index contributed by atoms with van der Waals surface area (Å²) >= 11 is 7.44. The molecule has 144 valence electrons. The number of thioether (sulfide) groups is 1. The van der Waals surface area contributed by atoms with Gasteiger partial charge in [0.25, 0.3) is 0 Å². The quantitative estimate of drug-likeness (QED) is 0.708. The molecule has 3 rings (SSSR count). The fourth-order valence-corrected chi connectivity index (χ4v) is 4.45. The van der Waals surface area contributed by atoms with Gasteiger partial charge in [0.15, 0.2) is 5.16 Å². The number of nitrogens with one attached hydrogen (secondary N) is 1. The van der Waals surface area contributed by atoms with Crippen molar-refractivity contribution in [2.45, 2.75) is 49.3 Å². The number of halogens is 1. The number of nitrogens with zero attached hydrogens (tertiary/aromatic N) is 3. The molecule has 1 amide bonds. The standard InChI is InChI=1S/C19H23ClN4O2S/c1-26-10-9-24-16-6-5-14(20)11-15(16)22-18(24)27-12-17(25)23-19(13-21)7-3-2-4-8-19/h5-6,11H,2-4,7-10,12H2,1H3,(H,23,25). The van der Waals surface area contributed by atoms with Gasteiger partial charge in [0.1, 0.15) is 5.54 Å². The molecule has 1 saturated carbocycles. The Labute approximate surface area is 168 Å². The fraction of sp³-hybridized carbons (Fsp3) is 0.526. The van der Waals surface area contributed by atoms with Gasteiger partial charge in [-0.15, -0.1) is 0 Å². The Bertz CT molecular complexity index is 855. The lowest BCUT2D eigenvalue weighted by Gasteiger charge is -2.31. The van der Waals surface area contributed by atoms with E-state index in [4.69, 9.17) is 16.3 Å². The highest BCUT2D eigenvalue weighted by atomic mass is 35.5. The number of carbonyl (C=O) groups excluding carboxylic acids is 1. The van der Waals surface area contributed by atoms with Crippen LogP contribution in [0, 0.1) is 11.3 Å². The van der Waals surface area contributed by atoms with Crippen LogP contribution in [0.5, 0.6) is 0 Å². The van der Waals surface area contributed by atoms with E-state index in [1.54, 1.807) is 7.11 Å². The Morgan fingerprint density at radius 2 is 2.22 bits per heavy atom. The molecule has 0 spiro atoms. The van der Waals surface area contributed by atoms with Gasteiger partial charge in [-0.25, -0.2) is 4.98 Å². The highest BCUT2D eigenvalue weighted by Crippen LogP contribution is 2.29. The molecule has 1 fully saturated rings. The Kier molecular flexibility index (Phi) is 6.64. The Hall–Kier alpha value is -1.75. The normalized spacial score (nSPS) is 16.2. The molecule has 1 aromatic carbocycles. The molecule has 8 heteroatoms. The lowest BCUT2D eigenvalue weighted by Crippen LogP contribution is -2.49.